The number of benzene rings is 2. The third-order valence-corrected chi connectivity index (χ3v) is 6.81. The number of amides is 1. The van der Waals surface area contributed by atoms with Crippen LogP contribution in [0.4, 0.5) is 0 Å². The first-order valence-electron chi connectivity index (χ1n) is 9.86. The number of ether oxygens (including phenoxy) is 1. The molecule has 1 saturated carbocycles. The van der Waals surface area contributed by atoms with Crippen LogP contribution in [-0.4, -0.2) is 27.1 Å². The average molecular weight is 458 g/mol. The third-order valence-electron chi connectivity index (χ3n) is 5.23. The fourth-order valence-electron chi connectivity index (χ4n) is 3.67. The SMILES string of the molecule is O=C(Oc1ccc(C=C2SC(=S)N(C3CCCCC3)C2=O)cc1)c1ccc(Cl)cc1. The molecule has 0 unspecified atom stereocenters. The van der Waals surface area contributed by atoms with Gasteiger partial charge in [0.2, 0.25) is 0 Å². The highest BCUT2D eigenvalue weighted by Gasteiger charge is 2.37. The molecule has 2 aromatic carbocycles. The zero-order valence-electron chi connectivity index (χ0n) is 16.2. The van der Waals surface area contributed by atoms with Gasteiger partial charge in [0.1, 0.15) is 10.1 Å². The molecule has 2 fully saturated rings. The molecule has 154 valence electrons. The number of carbonyl (C=O) groups is 2. The largest absolute Gasteiger partial charge is 0.423 e. The van der Waals surface area contributed by atoms with Gasteiger partial charge < -0.3 is 4.74 Å². The van der Waals surface area contributed by atoms with E-state index in [0.717, 1.165) is 31.2 Å². The van der Waals surface area contributed by atoms with E-state index in [-0.39, 0.29) is 11.9 Å². The summed E-state index contributed by atoms with van der Waals surface area (Å²) in [5.74, 6) is -0.0234. The summed E-state index contributed by atoms with van der Waals surface area (Å²) in [6.45, 7) is 0. The molecular weight excluding hydrogens is 438 g/mol. The Labute approximate surface area is 190 Å². The first-order valence-corrected chi connectivity index (χ1v) is 11.5. The molecule has 1 saturated heterocycles. The highest BCUT2D eigenvalue weighted by Crippen LogP contribution is 2.37. The zero-order valence-corrected chi connectivity index (χ0v) is 18.6. The quantitative estimate of drug-likeness (QED) is 0.240. The van der Waals surface area contributed by atoms with E-state index in [1.165, 1.54) is 18.2 Å². The molecule has 0 atom stereocenters. The summed E-state index contributed by atoms with van der Waals surface area (Å²) in [5.41, 5.74) is 1.28. The monoisotopic (exact) mass is 457 g/mol. The minimum atomic E-state index is -0.451. The number of hydrogen-bond acceptors (Lipinski definition) is 5. The van der Waals surface area contributed by atoms with Gasteiger partial charge in [-0.3, -0.25) is 9.69 Å². The lowest BCUT2D eigenvalue weighted by molar-refractivity contribution is -0.124. The second kappa shape index (κ2) is 9.33. The minimum absolute atomic E-state index is 0.00450. The predicted octanol–water partition coefficient (Wildman–Crippen LogP) is 6.09. The van der Waals surface area contributed by atoms with E-state index in [4.69, 9.17) is 28.6 Å². The van der Waals surface area contributed by atoms with Crippen LogP contribution >= 0.6 is 35.6 Å². The molecular formula is C23H20ClNO3S2. The number of rotatable bonds is 4. The lowest BCUT2D eigenvalue weighted by atomic mass is 9.94. The molecule has 1 aliphatic carbocycles. The van der Waals surface area contributed by atoms with Crippen LogP contribution in [0, 0.1) is 0 Å². The number of thioether (sulfide) groups is 1. The van der Waals surface area contributed by atoms with Gasteiger partial charge in [0, 0.05) is 11.1 Å². The van der Waals surface area contributed by atoms with E-state index in [2.05, 4.69) is 0 Å². The third kappa shape index (κ3) is 4.77. The Morgan fingerprint density at radius 1 is 1.07 bits per heavy atom. The van der Waals surface area contributed by atoms with Crippen molar-refractivity contribution in [3.05, 3.63) is 69.6 Å². The molecule has 1 amide bonds. The molecule has 0 aromatic heterocycles. The highest BCUT2D eigenvalue weighted by atomic mass is 35.5. The van der Waals surface area contributed by atoms with Crippen LogP contribution in [-0.2, 0) is 4.79 Å². The predicted molar refractivity (Wildman–Crippen MR) is 125 cm³/mol. The van der Waals surface area contributed by atoms with Gasteiger partial charge in [-0.1, -0.05) is 67.0 Å². The van der Waals surface area contributed by atoms with E-state index < -0.39 is 5.97 Å². The summed E-state index contributed by atoms with van der Waals surface area (Å²) in [4.78, 5) is 27.5. The van der Waals surface area contributed by atoms with E-state index in [9.17, 15) is 9.59 Å². The Kier molecular flexibility index (Phi) is 6.56. The molecule has 30 heavy (non-hydrogen) atoms. The second-order valence-electron chi connectivity index (χ2n) is 7.31. The first kappa shape index (κ1) is 21.1. The van der Waals surface area contributed by atoms with Gasteiger partial charge in [0.15, 0.2) is 0 Å². The van der Waals surface area contributed by atoms with Crippen LogP contribution in [0.5, 0.6) is 5.75 Å². The van der Waals surface area contributed by atoms with Crippen LogP contribution in [0.15, 0.2) is 53.4 Å². The Bertz CT molecular complexity index is 996. The number of thiocarbonyl (C=S) groups is 1. The number of nitrogens with zero attached hydrogens (tertiary/aromatic N) is 1. The van der Waals surface area contributed by atoms with Gasteiger partial charge in [-0.2, -0.15) is 0 Å². The van der Waals surface area contributed by atoms with Gasteiger partial charge in [0.25, 0.3) is 5.91 Å². The number of halogens is 1. The zero-order chi connectivity index (χ0) is 21.1. The Morgan fingerprint density at radius 2 is 1.73 bits per heavy atom. The summed E-state index contributed by atoms with van der Waals surface area (Å²) < 4.78 is 6.04. The maximum atomic E-state index is 12.9. The first-order chi connectivity index (χ1) is 14.5. The molecule has 1 aliphatic heterocycles. The van der Waals surface area contributed by atoms with Gasteiger partial charge in [-0.25, -0.2) is 4.79 Å². The number of esters is 1. The van der Waals surface area contributed by atoms with Gasteiger partial charge in [0.05, 0.1) is 10.5 Å². The Balaban J connectivity index is 1.43. The summed E-state index contributed by atoms with van der Waals surface area (Å²) in [6, 6.07) is 13.8. The fourth-order valence-corrected chi connectivity index (χ4v) is 5.20. The van der Waals surface area contributed by atoms with Crippen molar-refractivity contribution in [2.24, 2.45) is 0 Å². The highest BCUT2D eigenvalue weighted by molar-refractivity contribution is 8.26. The van der Waals surface area contributed by atoms with E-state index in [1.807, 2.05) is 18.2 Å². The van der Waals surface area contributed by atoms with Crippen LogP contribution in [0.25, 0.3) is 6.08 Å². The Hall–Kier alpha value is -2.15. The topological polar surface area (TPSA) is 46.6 Å². The normalized spacial score (nSPS) is 18.8. The fraction of sp³-hybridized carbons (Fsp3) is 0.261. The molecule has 0 spiro atoms. The van der Waals surface area contributed by atoms with Crippen molar-refractivity contribution in [3.63, 3.8) is 0 Å². The smallest absolute Gasteiger partial charge is 0.343 e. The van der Waals surface area contributed by atoms with Crippen LogP contribution in [0.2, 0.25) is 5.02 Å². The summed E-state index contributed by atoms with van der Waals surface area (Å²) >= 11 is 12.7. The molecule has 2 aromatic rings. The van der Waals surface area contributed by atoms with E-state index in [0.29, 0.717) is 25.6 Å². The molecule has 7 heteroatoms. The van der Waals surface area contributed by atoms with Crippen molar-refractivity contribution in [2.45, 2.75) is 38.1 Å². The van der Waals surface area contributed by atoms with Crippen molar-refractivity contribution in [1.82, 2.24) is 4.90 Å². The summed E-state index contributed by atoms with van der Waals surface area (Å²) in [6.07, 6.45) is 7.41. The summed E-state index contributed by atoms with van der Waals surface area (Å²) in [5, 5.41) is 0.560. The molecule has 0 bridgehead atoms. The maximum absolute atomic E-state index is 12.9. The second-order valence-corrected chi connectivity index (χ2v) is 9.42. The van der Waals surface area contributed by atoms with Crippen molar-refractivity contribution in [3.8, 4) is 5.75 Å². The molecule has 4 rings (SSSR count). The van der Waals surface area contributed by atoms with E-state index >= 15 is 0 Å². The molecule has 4 nitrogen and oxygen atoms in total. The lowest BCUT2D eigenvalue weighted by Crippen LogP contribution is -2.39. The standard InChI is InChI=1S/C23H20ClNO3S2/c24-17-10-8-16(9-11-17)22(27)28-19-12-6-15(7-13-19)14-20-21(26)25(23(29)30-20)18-4-2-1-3-5-18/h6-14,18H,1-5H2. The number of carbonyl (C=O) groups excluding carboxylic acids is 2. The van der Waals surface area contributed by atoms with Crippen molar-refractivity contribution < 1.29 is 14.3 Å². The van der Waals surface area contributed by atoms with Crippen LogP contribution < -0.4 is 4.74 Å². The minimum Gasteiger partial charge on any atom is -0.423 e. The van der Waals surface area contributed by atoms with Gasteiger partial charge in [-0.05, 0) is 60.9 Å². The summed E-state index contributed by atoms with van der Waals surface area (Å²) in [7, 11) is 0. The lowest BCUT2D eigenvalue weighted by Gasteiger charge is -2.29. The number of hydrogen-bond donors (Lipinski definition) is 0. The molecule has 2 aliphatic rings. The van der Waals surface area contributed by atoms with Gasteiger partial charge >= 0.3 is 5.97 Å². The van der Waals surface area contributed by atoms with Crippen LogP contribution in [0.1, 0.15) is 48.0 Å². The van der Waals surface area contributed by atoms with Crippen molar-refractivity contribution >= 4 is 57.9 Å². The molecule has 1 heterocycles. The molecule has 0 N–H and O–H groups in total. The van der Waals surface area contributed by atoms with Crippen molar-refractivity contribution in [2.75, 3.05) is 0 Å². The van der Waals surface area contributed by atoms with Crippen LogP contribution in [0.3, 0.4) is 0 Å². The Morgan fingerprint density at radius 3 is 2.40 bits per heavy atom. The average Bonchev–Trinajstić information content (AvgIpc) is 3.03. The van der Waals surface area contributed by atoms with Crippen molar-refractivity contribution in [1.29, 1.82) is 0 Å². The van der Waals surface area contributed by atoms with Gasteiger partial charge in [-0.15, -0.1) is 0 Å². The van der Waals surface area contributed by atoms with E-state index in [1.54, 1.807) is 41.3 Å². The maximum Gasteiger partial charge on any atom is 0.343 e. The molecule has 0 radical (unpaired) electrons.